The molecular formula is C15H16N2O2. The van der Waals surface area contributed by atoms with Crippen LogP contribution < -0.4 is 15.2 Å². The number of nitrogen functional groups attached to an aromatic ring is 1. The molecule has 0 fully saturated rings. The topological polar surface area (TPSA) is 57.4 Å². The van der Waals surface area contributed by atoms with E-state index < -0.39 is 0 Å². The van der Waals surface area contributed by atoms with Gasteiger partial charge < -0.3 is 15.2 Å². The summed E-state index contributed by atoms with van der Waals surface area (Å²) >= 11 is 0. The maximum absolute atomic E-state index is 5.86. The number of hydrogen-bond acceptors (Lipinski definition) is 4. The fraction of sp³-hybridized carbons (Fsp3) is 0.267. The molecule has 1 heterocycles. The van der Waals surface area contributed by atoms with Gasteiger partial charge in [-0.25, -0.2) is 0 Å². The second-order valence-electron chi connectivity index (χ2n) is 4.63. The first-order chi connectivity index (χ1) is 9.26. The van der Waals surface area contributed by atoms with Crippen molar-refractivity contribution in [2.24, 2.45) is 0 Å². The molecule has 0 spiro atoms. The maximum atomic E-state index is 5.86. The highest BCUT2D eigenvalue weighted by Gasteiger charge is 2.12. The van der Waals surface area contributed by atoms with Gasteiger partial charge in [-0.1, -0.05) is 6.07 Å². The number of ether oxygens (including phenoxy) is 2. The number of aryl methyl sites for hydroxylation is 2. The zero-order valence-electron chi connectivity index (χ0n) is 10.8. The molecule has 1 aliphatic rings. The third-order valence-corrected chi connectivity index (χ3v) is 3.36. The van der Waals surface area contributed by atoms with E-state index in [-0.39, 0.29) is 0 Å². The molecule has 2 N–H and O–H groups in total. The monoisotopic (exact) mass is 256 g/mol. The van der Waals surface area contributed by atoms with E-state index in [0.29, 0.717) is 17.4 Å². The quantitative estimate of drug-likeness (QED) is 0.917. The molecule has 0 bridgehead atoms. The molecule has 0 saturated heterocycles. The molecule has 0 unspecified atom stereocenters. The van der Waals surface area contributed by atoms with Crippen molar-refractivity contribution in [1.82, 2.24) is 4.98 Å². The van der Waals surface area contributed by atoms with Crippen LogP contribution in [0.15, 0.2) is 30.3 Å². The van der Waals surface area contributed by atoms with Gasteiger partial charge in [-0.3, -0.25) is 0 Å². The molecule has 2 aromatic rings. The van der Waals surface area contributed by atoms with Crippen LogP contribution in [0.25, 0.3) is 0 Å². The van der Waals surface area contributed by atoms with E-state index in [0.717, 1.165) is 18.6 Å². The van der Waals surface area contributed by atoms with E-state index in [4.69, 9.17) is 15.2 Å². The van der Waals surface area contributed by atoms with Gasteiger partial charge in [0, 0.05) is 6.07 Å². The van der Waals surface area contributed by atoms with Gasteiger partial charge in [0.25, 0.3) is 0 Å². The first-order valence-electron chi connectivity index (χ1n) is 6.36. The lowest BCUT2D eigenvalue weighted by atomic mass is 10.1. The number of nitrogens with two attached hydrogens (primary N) is 1. The Morgan fingerprint density at radius 2 is 1.95 bits per heavy atom. The van der Waals surface area contributed by atoms with Gasteiger partial charge in [-0.05, 0) is 48.6 Å². The number of rotatable bonds is 3. The molecule has 1 aromatic carbocycles. The number of fused-ring (bicyclic) bond motifs is 1. The maximum Gasteiger partial charge on any atom is 0.246 e. The summed E-state index contributed by atoms with van der Waals surface area (Å²) in [5, 5.41) is 0. The molecule has 0 amide bonds. The minimum Gasteiger partial charge on any atom is -0.481 e. The summed E-state index contributed by atoms with van der Waals surface area (Å²) < 4.78 is 10.8. The second-order valence-corrected chi connectivity index (χ2v) is 4.63. The van der Waals surface area contributed by atoms with Crippen LogP contribution in [0, 0.1) is 0 Å². The van der Waals surface area contributed by atoms with Crippen molar-refractivity contribution in [2.75, 3.05) is 12.8 Å². The third kappa shape index (κ3) is 2.34. The lowest BCUT2D eigenvalue weighted by Crippen LogP contribution is -1.97. The van der Waals surface area contributed by atoms with Crippen LogP contribution in [0.4, 0.5) is 5.69 Å². The predicted molar refractivity (Wildman–Crippen MR) is 73.7 cm³/mol. The lowest BCUT2D eigenvalue weighted by Gasteiger charge is -2.10. The van der Waals surface area contributed by atoms with Crippen molar-refractivity contribution in [2.45, 2.75) is 19.3 Å². The van der Waals surface area contributed by atoms with Gasteiger partial charge in [-0.15, -0.1) is 0 Å². The van der Waals surface area contributed by atoms with Crippen molar-refractivity contribution < 1.29 is 9.47 Å². The van der Waals surface area contributed by atoms with Gasteiger partial charge in [-0.2, -0.15) is 4.98 Å². The molecule has 4 heteroatoms. The molecule has 3 rings (SSSR count). The molecule has 19 heavy (non-hydrogen) atoms. The number of aromatic nitrogens is 1. The summed E-state index contributed by atoms with van der Waals surface area (Å²) in [5.74, 6) is 1.65. The molecule has 1 aromatic heterocycles. The highest BCUT2D eigenvalue weighted by molar-refractivity contribution is 5.51. The molecule has 0 aliphatic heterocycles. The Morgan fingerprint density at radius 3 is 2.79 bits per heavy atom. The predicted octanol–water partition coefficient (Wildman–Crippen LogP) is 2.95. The summed E-state index contributed by atoms with van der Waals surface area (Å²) in [6.07, 6.45) is 3.50. The average Bonchev–Trinajstić information content (AvgIpc) is 2.89. The first-order valence-corrected chi connectivity index (χ1v) is 6.36. The van der Waals surface area contributed by atoms with E-state index in [1.807, 2.05) is 6.07 Å². The Balaban J connectivity index is 1.88. The van der Waals surface area contributed by atoms with Gasteiger partial charge in [0.15, 0.2) is 0 Å². The second kappa shape index (κ2) is 4.80. The fourth-order valence-electron chi connectivity index (χ4n) is 2.35. The van der Waals surface area contributed by atoms with Crippen LogP contribution in [0.2, 0.25) is 0 Å². The zero-order chi connectivity index (χ0) is 13.2. The largest absolute Gasteiger partial charge is 0.481 e. The normalized spacial score (nSPS) is 13.1. The van der Waals surface area contributed by atoms with E-state index in [2.05, 4.69) is 17.1 Å². The lowest BCUT2D eigenvalue weighted by molar-refractivity contribution is 0.384. The SMILES string of the molecule is COc1ccc(N)c(Oc2ccc3c(c2)CCC3)n1. The highest BCUT2D eigenvalue weighted by atomic mass is 16.5. The zero-order valence-corrected chi connectivity index (χ0v) is 10.8. The minimum absolute atomic E-state index is 0.386. The number of nitrogens with zero attached hydrogens (tertiary/aromatic N) is 1. The van der Waals surface area contributed by atoms with Gasteiger partial charge >= 0.3 is 0 Å². The Labute approximate surface area is 112 Å². The Kier molecular flexibility index (Phi) is 2.99. The average molecular weight is 256 g/mol. The van der Waals surface area contributed by atoms with E-state index in [9.17, 15) is 0 Å². The van der Waals surface area contributed by atoms with Crippen LogP contribution in [0.1, 0.15) is 17.5 Å². The number of anilines is 1. The molecule has 4 nitrogen and oxygen atoms in total. The van der Waals surface area contributed by atoms with Crippen LogP contribution in [0.5, 0.6) is 17.5 Å². The Bertz CT molecular complexity index is 611. The minimum atomic E-state index is 0.386. The standard InChI is InChI=1S/C15H16N2O2/c1-18-14-8-7-13(16)15(17-14)19-12-6-5-10-3-2-4-11(10)9-12/h5-9H,2-4,16H2,1H3. The number of pyridine rings is 1. The molecule has 0 saturated carbocycles. The molecule has 1 aliphatic carbocycles. The van der Waals surface area contributed by atoms with Crippen LogP contribution >= 0.6 is 0 Å². The third-order valence-electron chi connectivity index (χ3n) is 3.36. The van der Waals surface area contributed by atoms with Crippen molar-refractivity contribution in [1.29, 1.82) is 0 Å². The van der Waals surface area contributed by atoms with Crippen LogP contribution in [0.3, 0.4) is 0 Å². The number of hydrogen-bond donors (Lipinski definition) is 1. The summed E-state index contributed by atoms with van der Waals surface area (Å²) in [6.45, 7) is 0. The smallest absolute Gasteiger partial charge is 0.246 e. The van der Waals surface area contributed by atoms with E-state index >= 15 is 0 Å². The van der Waals surface area contributed by atoms with Crippen molar-refractivity contribution in [3.8, 4) is 17.5 Å². The van der Waals surface area contributed by atoms with Crippen LogP contribution in [-0.2, 0) is 12.8 Å². The molecule has 98 valence electrons. The van der Waals surface area contributed by atoms with E-state index in [1.54, 1.807) is 19.2 Å². The van der Waals surface area contributed by atoms with Gasteiger partial charge in [0.2, 0.25) is 11.8 Å². The summed E-state index contributed by atoms with van der Waals surface area (Å²) in [5.41, 5.74) is 9.14. The van der Waals surface area contributed by atoms with Crippen LogP contribution in [-0.4, -0.2) is 12.1 Å². The van der Waals surface area contributed by atoms with Crippen molar-refractivity contribution in [3.63, 3.8) is 0 Å². The van der Waals surface area contributed by atoms with Crippen molar-refractivity contribution >= 4 is 5.69 Å². The number of benzene rings is 1. The molecular weight excluding hydrogens is 240 g/mol. The number of methoxy groups -OCH3 is 1. The van der Waals surface area contributed by atoms with Gasteiger partial charge in [0.1, 0.15) is 5.75 Å². The Morgan fingerprint density at radius 1 is 1.11 bits per heavy atom. The van der Waals surface area contributed by atoms with Crippen molar-refractivity contribution in [3.05, 3.63) is 41.5 Å². The summed E-state index contributed by atoms with van der Waals surface area (Å²) in [4.78, 5) is 4.21. The van der Waals surface area contributed by atoms with Gasteiger partial charge in [0.05, 0.1) is 12.8 Å². The van der Waals surface area contributed by atoms with E-state index in [1.165, 1.54) is 17.5 Å². The first kappa shape index (κ1) is 11.8. The Hall–Kier alpha value is -2.23. The summed E-state index contributed by atoms with van der Waals surface area (Å²) in [6, 6.07) is 9.60. The molecule has 0 atom stereocenters. The highest BCUT2D eigenvalue weighted by Crippen LogP contribution is 2.31. The fourth-order valence-corrected chi connectivity index (χ4v) is 2.35. The molecule has 0 radical (unpaired) electrons. The summed E-state index contributed by atoms with van der Waals surface area (Å²) in [7, 11) is 1.57.